The second kappa shape index (κ2) is 9.16. The molecule has 2 N–H and O–H groups in total. The summed E-state index contributed by atoms with van der Waals surface area (Å²) in [5, 5.41) is 3.34. The third kappa shape index (κ3) is 5.19. The Balaban J connectivity index is 1.63. The topological polar surface area (TPSA) is 95.6 Å². The van der Waals surface area contributed by atoms with Gasteiger partial charge in [0, 0.05) is 35.4 Å². The van der Waals surface area contributed by atoms with E-state index in [0.717, 1.165) is 0 Å². The molecule has 0 radical (unpaired) electrons. The summed E-state index contributed by atoms with van der Waals surface area (Å²) in [5.41, 5.74) is 1.17. The van der Waals surface area contributed by atoms with Crippen LogP contribution in [0, 0.1) is 5.92 Å². The highest BCUT2D eigenvalue weighted by molar-refractivity contribution is 7.89. The van der Waals surface area contributed by atoms with Crippen molar-refractivity contribution in [3.63, 3.8) is 0 Å². The van der Waals surface area contributed by atoms with Crippen LogP contribution in [0.3, 0.4) is 0 Å². The van der Waals surface area contributed by atoms with Crippen molar-refractivity contribution in [2.45, 2.75) is 37.6 Å². The number of carbonyl (C=O) groups is 2. The molecule has 1 heterocycles. The number of hydrogen-bond acceptors (Lipinski definition) is 4. The quantitative estimate of drug-likeness (QED) is 0.677. The number of rotatable bonds is 7. The number of anilines is 2. The Labute approximate surface area is 181 Å². The van der Waals surface area contributed by atoms with Gasteiger partial charge in [0.1, 0.15) is 0 Å². The van der Waals surface area contributed by atoms with Crippen LogP contribution in [0.2, 0.25) is 5.02 Å². The lowest BCUT2D eigenvalue weighted by atomic mass is 10.1. The average Bonchev–Trinajstić information content (AvgIpc) is 3.10. The molecule has 160 valence electrons. The van der Waals surface area contributed by atoms with Crippen LogP contribution in [0.25, 0.3) is 0 Å². The number of amides is 2. The van der Waals surface area contributed by atoms with Gasteiger partial charge in [-0.1, -0.05) is 18.5 Å². The lowest BCUT2D eigenvalue weighted by Gasteiger charge is -2.17. The maximum absolute atomic E-state index is 12.6. The second-order valence-electron chi connectivity index (χ2n) is 7.33. The SMILES string of the molecule is CC[C@H](C)NS(=O)(=O)c1ccc(NC(=O)[C@@H]2CC(=O)N(c3ccc(Cl)cc3)C2)cc1. The first-order valence-electron chi connectivity index (χ1n) is 9.69. The molecule has 1 aliphatic heterocycles. The molecule has 0 unspecified atom stereocenters. The molecule has 2 aromatic rings. The van der Waals surface area contributed by atoms with E-state index in [1.54, 1.807) is 36.1 Å². The molecule has 3 rings (SSSR count). The highest BCUT2D eigenvalue weighted by Gasteiger charge is 2.35. The number of nitrogens with one attached hydrogen (secondary N) is 2. The molecule has 30 heavy (non-hydrogen) atoms. The molecule has 1 saturated heterocycles. The van der Waals surface area contributed by atoms with E-state index >= 15 is 0 Å². The third-order valence-electron chi connectivity index (χ3n) is 5.03. The Kier molecular flexibility index (Phi) is 6.80. The molecule has 7 nitrogen and oxygen atoms in total. The van der Waals surface area contributed by atoms with E-state index < -0.39 is 15.9 Å². The van der Waals surface area contributed by atoms with Gasteiger partial charge in [-0.3, -0.25) is 9.59 Å². The highest BCUT2D eigenvalue weighted by atomic mass is 35.5. The average molecular weight is 450 g/mol. The van der Waals surface area contributed by atoms with Gasteiger partial charge in [0.15, 0.2) is 0 Å². The van der Waals surface area contributed by atoms with Gasteiger partial charge in [-0.05, 0) is 61.9 Å². The molecule has 2 atom stereocenters. The van der Waals surface area contributed by atoms with Crippen molar-refractivity contribution in [1.29, 1.82) is 0 Å². The lowest BCUT2D eigenvalue weighted by Crippen LogP contribution is -2.32. The van der Waals surface area contributed by atoms with Crippen LogP contribution >= 0.6 is 11.6 Å². The number of hydrogen-bond donors (Lipinski definition) is 2. The summed E-state index contributed by atoms with van der Waals surface area (Å²) in [4.78, 5) is 26.6. The van der Waals surface area contributed by atoms with E-state index in [1.165, 1.54) is 24.3 Å². The van der Waals surface area contributed by atoms with E-state index in [-0.39, 0.29) is 35.7 Å². The summed E-state index contributed by atoms with van der Waals surface area (Å²) in [6.45, 7) is 3.97. The lowest BCUT2D eigenvalue weighted by molar-refractivity contribution is -0.122. The maximum atomic E-state index is 12.6. The minimum Gasteiger partial charge on any atom is -0.326 e. The van der Waals surface area contributed by atoms with E-state index in [4.69, 9.17) is 11.6 Å². The monoisotopic (exact) mass is 449 g/mol. The molecule has 0 aliphatic carbocycles. The fourth-order valence-corrected chi connectivity index (χ4v) is 4.58. The molecule has 1 aliphatic rings. The molecule has 0 saturated carbocycles. The number of halogens is 1. The van der Waals surface area contributed by atoms with Crippen LogP contribution in [0.4, 0.5) is 11.4 Å². The number of carbonyl (C=O) groups excluding carboxylic acids is 2. The van der Waals surface area contributed by atoms with Crippen LogP contribution < -0.4 is 14.9 Å². The Morgan fingerprint density at radius 3 is 2.40 bits per heavy atom. The smallest absolute Gasteiger partial charge is 0.240 e. The summed E-state index contributed by atoms with van der Waals surface area (Å²) in [6.07, 6.45) is 0.792. The van der Waals surface area contributed by atoms with Crippen molar-refractivity contribution in [3.05, 3.63) is 53.6 Å². The van der Waals surface area contributed by atoms with E-state index in [9.17, 15) is 18.0 Å². The minimum atomic E-state index is -3.60. The Bertz CT molecular complexity index is 1020. The molecule has 9 heteroatoms. The second-order valence-corrected chi connectivity index (χ2v) is 9.48. The number of benzene rings is 2. The van der Waals surface area contributed by atoms with Crippen molar-refractivity contribution >= 4 is 44.8 Å². The predicted molar refractivity (Wildman–Crippen MR) is 117 cm³/mol. The normalized spacial score (nSPS) is 17.8. The Morgan fingerprint density at radius 2 is 1.80 bits per heavy atom. The fraction of sp³-hybridized carbons (Fsp3) is 0.333. The first-order valence-corrected chi connectivity index (χ1v) is 11.5. The van der Waals surface area contributed by atoms with Crippen LogP contribution in [-0.2, 0) is 19.6 Å². The predicted octanol–water partition coefficient (Wildman–Crippen LogP) is 3.41. The van der Waals surface area contributed by atoms with Crippen molar-refractivity contribution in [2.75, 3.05) is 16.8 Å². The van der Waals surface area contributed by atoms with Crippen LogP contribution in [0.5, 0.6) is 0 Å². The highest BCUT2D eigenvalue weighted by Crippen LogP contribution is 2.27. The summed E-state index contributed by atoms with van der Waals surface area (Å²) in [7, 11) is -3.60. The van der Waals surface area contributed by atoms with Crippen molar-refractivity contribution in [3.8, 4) is 0 Å². The van der Waals surface area contributed by atoms with Gasteiger partial charge in [-0.15, -0.1) is 0 Å². The van der Waals surface area contributed by atoms with Crippen LogP contribution in [0.1, 0.15) is 26.7 Å². The maximum Gasteiger partial charge on any atom is 0.240 e. The molecule has 0 aromatic heterocycles. The van der Waals surface area contributed by atoms with Gasteiger partial charge in [-0.25, -0.2) is 13.1 Å². The van der Waals surface area contributed by atoms with Crippen LogP contribution in [-0.4, -0.2) is 32.8 Å². The van der Waals surface area contributed by atoms with Crippen molar-refractivity contribution < 1.29 is 18.0 Å². The summed E-state index contributed by atoms with van der Waals surface area (Å²) in [5.74, 6) is -0.910. The van der Waals surface area contributed by atoms with E-state index in [2.05, 4.69) is 10.0 Å². The van der Waals surface area contributed by atoms with Gasteiger partial charge < -0.3 is 10.2 Å². The van der Waals surface area contributed by atoms with Gasteiger partial charge in [-0.2, -0.15) is 0 Å². The fourth-order valence-electron chi connectivity index (χ4n) is 3.13. The molecule has 0 bridgehead atoms. The summed E-state index contributed by atoms with van der Waals surface area (Å²) in [6, 6.07) is 12.7. The molecular formula is C21H24ClN3O4S. The number of sulfonamides is 1. The zero-order valence-corrected chi connectivity index (χ0v) is 18.3. The van der Waals surface area contributed by atoms with Crippen molar-refractivity contribution in [1.82, 2.24) is 4.72 Å². The van der Waals surface area contributed by atoms with Gasteiger partial charge >= 0.3 is 0 Å². The molecule has 2 amide bonds. The first-order chi connectivity index (χ1) is 14.2. The number of nitrogens with zero attached hydrogens (tertiary/aromatic N) is 1. The van der Waals surface area contributed by atoms with Crippen LogP contribution in [0.15, 0.2) is 53.4 Å². The molecule has 1 fully saturated rings. The summed E-state index contributed by atoms with van der Waals surface area (Å²) >= 11 is 5.89. The zero-order chi connectivity index (χ0) is 21.9. The zero-order valence-electron chi connectivity index (χ0n) is 16.8. The first kappa shape index (κ1) is 22.3. The minimum absolute atomic E-state index is 0.111. The van der Waals surface area contributed by atoms with E-state index in [1.807, 2.05) is 6.92 Å². The molecule has 0 spiro atoms. The largest absolute Gasteiger partial charge is 0.326 e. The van der Waals surface area contributed by atoms with Gasteiger partial charge in [0.25, 0.3) is 0 Å². The van der Waals surface area contributed by atoms with Crippen molar-refractivity contribution in [2.24, 2.45) is 5.92 Å². The van der Waals surface area contributed by atoms with Gasteiger partial charge in [0.05, 0.1) is 10.8 Å². The third-order valence-corrected chi connectivity index (χ3v) is 6.89. The molecular weight excluding hydrogens is 426 g/mol. The molecule has 2 aromatic carbocycles. The summed E-state index contributed by atoms with van der Waals surface area (Å²) < 4.78 is 27.2. The Hall–Kier alpha value is -2.42. The van der Waals surface area contributed by atoms with E-state index in [0.29, 0.717) is 22.8 Å². The van der Waals surface area contributed by atoms with Gasteiger partial charge in [0.2, 0.25) is 21.8 Å². The Morgan fingerprint density at radius 1 is 1.17 bits per heavy atom. The standard InChI is InChI=1S/C21H24ClN3O4S/c1-3-14(2)24-30(28,29)19-10-6-17(7-11-19)23-21(27)15-12-20(26)25(13-15)18-8-4-16(22)5-9-18/h4-11,14-15,24H,3,12-13H2,1-2H3,(H,23,27)/t14-,15+/m0/s1.